The third kappa shape index (κ3) is 5.20. The van der Waals surface area contributed by atoms with Crippen molar-refractivity contribution in [3.8, 4) is 0 Å². The number of nitrogens with one attached hydrogen (secondary N) is 1. The van der Waals surface area contributed by atoms with Gasteiger partial charge in [-0.25, -0.2) is 0 Å². The van der Waals surface area contributed by atoms with Gasteiger partial charge in [-0.05, 0) is 44.3 Å². The van der Waals surface area contributed by atoms with Crippen LogP contribution in [0, 0.1) is 5.92 Å². The lowest BCUT2D eigenvalue weighted by atomic mass is 9.96. The molecule has 0 radical (unpaired) electrons. The van der Waals surface area contributed by atoms with Crippen molar-refractivity contribution in [2.75, 3.05) is 26.2 Å². The normalized spacial score (nSPS) is 21.7. The molecule has 1 atom stereocenters. The van der Waals surface area contributed by atoms with Gasteiger partial charge in [0.2, 0.25) is 5.91 Å². The van der Waals surface area contributed by atoms with E-state index in [4.69, 9.17) is 4.74 Å². The molecule has 2 aliphatic rings. The van der Waals surface area contributed by atoms with Gasteiger partial charge in [0.25, 0.3) is 0 Å². The first kappa shape index (κ1) is 18.2. The second kappa shape index (κ2) is 9.26. The average molecular weight is 339 g/mol. The summed E-state index contributed by atoms with van der Waals surface area (Å²) in [5.41, 5.74) is 1.20. The second-order valence-electron chi connectivity index (χ2n) is 6.36. The van der Waals surface area contributed by atoms with E-state index >= 15 is 0 Å². The topological polar surface area (TPSA) is 41.6 Å². The molecule has 2 saturated heterocycles. The molecular weight excluding hydrogens is 312 g/mol. The number of rotatable bonds is 5. The Bertz CT molecular complexity index is 471. The number of amides is 1. The monoisotopic (exact) mass is 338 g/mol. The Kier molecular flexibility index (Phi) is 7.34. The average Bonchev–Trinajstić information content (AvgIpc) is 3.08. The molecule has 1 aromatic carbocycles. The lowest BCUT2D eigenvalue weighted by molar-refractivity contribution is -0.138. The van der Waals surface area contributed by atoms with Crippen molar-refractivity contribution < 1.29 is 9.53 Å². The lowest BCUT2D eigenvalue weighted by Crippen LogP contribution is -2.43. The zero-order valence-electron chi connectivity index (χ0n) is 13.6. The van der Waals surface area contributed by atoms with Crippen LogP contribution in [-0.4, -0.2) is 43.2 Å². The van der Waals surface area contributed by atoms with Crippen molar-refractivity contribution in [1.29, 1.82) is 0 Å². The summed E-state index contributed by atoms with van der Waals surface area (Å²) >= 11 is 0. The van der Waals surface area contributed by atoms with Crippen molar-refractivity contribution in [2.24, 2.45) is 5.92 Å². The number of carbonyl (C=O) groups is 1. The Morgan fingerprint density at radius 3 is 2.57 bits per heavy atom. The summed E-state index contributed by atoms with van der Waals surface area (Å²) in [6.07, 6.45) is 4.32. The van der Waals surface area contributed by atoms with Crippen LogP contribution in [0.25, 0.3) is 0 Å². The third-order valence-corrected chi connectivity index (χ3v) is 4.66. The molecule has 1 N–H and O–H groups in total. The third-order valence-electron chi connectivity index (χ3n) is 4.66. The zero-order chi connectivity index (χ0) is 15.2. The van der Waals surface area contributed by atoms with Crippen LogP contribution in [0.5, 0.6) is 0 Å². The smallest absolute Gasteiger partial charge is 0.226 e. The van der Waals surface area contributed by atoms with Crippen molar-refractivity contribution >= 4 is 18.3 Å². The van der Waals surface area contributed by atoms with Gasteiger partial charge in [-0.1, -0.05) is 30.3 Å². The fourth-order valence-electron chi connectivity index (χ4n) is 3.40. The molecule has 4 nitrogen and oxygen atoms in total. The van der Waals surface area contributed by atoms with Crippen molar-refractivity contribution in [1.82, 2.24) is 10.2 Å². The van der Waals surface area contributed by atoms with Gasteiger partial charge in [-0.15, -0.1) is 12.4 Å². The van der Waals surface area contributed by atoms with E-state index in [1.807, 2.05) is 23.1 Å². The van der Waals surface area contributed by atoms with Gasteiger partial charge in [0.05, 0.1) is 6.10 Å². The van der Waals surface area contributed by atoms with E-state index < -0.39 is 0 Å². The summed E-state index contributed by atoms with van der Waals surface area (Å²) in [7, 11) is 0. The molecule has 128 valence electrons. The molecule has 0 aromatic heterocycles. The molecule has 1 amide bonds. The maximum absolute atomic E-state index is 12.9. The molecule has 2 heterocycles. The number of carbonyl (C=O) groups excluding carboxylic acids is 1. The van der Waals surface area contributed by atoms with Crippen molar-refractivity contribution in [3.63, 3.8) is 0 Å². The van der Waals surface area contributed by atoms with Gasteiger partial charge in [-0.3, -0.25) is 4.79 Å². The molecule has 23 heavy (non-hydrogen) atoms. The summed E-state index contributed by atoms with van der Waals surface area (Å²) < 4.78 is 5.75. The van der Waals surface area contributed by atoms with Crippen LogP contribution < -0.4 is 5.32 Å². The number of ether oxygens (including phenoxy) is 1. The summed E-state index contributed by atoms with van der Waals surface area (Å²) in [4.78, 5) is 15.0. The summed E-state index contributed by atoms with van der Waals surface area (Å²) in [6, 6.07) is 10.3. The fourth-order valence-corrected chi connectivity index (χ4v) is 3.40. The SMILES string of the molecule is Cl.O=C(C1CCNCC1)N(Cc1ccccc1)CC1CCCO1. The van der Waals surface area contributed by atoms with Crippen LogP contribution in [0.2, 0.25) is 0 Å². The lowest BCUT2D eigenvalue weighted by Gasteiger charge is -2.31. The highest BCUT2D eigenvalue weighted by Gasteiger charge is 2.28. The largest absolute Gasteiger partial charge is 0.376 e. The van der Waals surface area contributed by atoms with Crippen molar-refractivity contribution in [2.45, 2.75) is 38.3 Å². The van der Waals surface area contributed by atoms with Gasteiger partial charge in [0.15, 0.2) is 0 Å². The Morgan fingerprint density at radius 1 is 1.17 bits per heavy atom. The Hall–Kier alpha value is -1.10. The van der Waals surface area contributed by atoms with Crippen LogP contribution in [0.15, 0.2) is 30.3 Å². The van der Waals surface area contributed by atoms with Crippen LogP contribution in [0.4, 0.5) is 0 Å². The zero-order valence-corrected chi connectivity index (χ0v) is 14.4. The minimum Gasteiger partial charge on any atom is -0.376 e. The van der Waals surface area contributed by atoms with Gasteiger partial charge >= 0.3 is 0 Å². The van der Waals surface area contributed by atoms with E-state index in [2.05, 4.69) is 17.4 Å². The predicted molar refractivity (Wildman–Crippen MR) is 93.7 cm³/mol. The van der Waals surface area contributed by atoms with Gasteiger partial charge in [0.1, 0.15) is 0 Å². The molecular formula is C18H27ClN2O2. The molecule has 5 heteroatoms. The number of nitrogens with zero attached hydrogens (tertiary/aromatic N) is 1. The first-order chi connectivity index (χ1) is 10.8. The highest BCUT2D eigenvalue weighted by Crippen LogP contribution is 2.20. The molecule has 3 rings (SSSR count). The molecule has 0 aliphatic carbocycles. The molecule has 2 aliphatic heterocycles. The summed E-state index contributed by atoms with van der Waals surface area (Å²) in [6.45, 7) is 4.18. The summed E-state index contributed by atoms with van der Waals surface area (Å²) in [5, 5.41) is 3.34. The summed E-state index contributed by atoms with van der Waals surface area (Å²) in [5.74, 6) is 0.479. The van der Waals surface area contributed by atoms with Crippen LogP contribution in [-0.2, 0) is 16.1 Å². The minimum atomic E-state index is 0. The highest BCUT2D eigenvalue weighted by atomic mass is 35.5. The number of benzene rings is 1. The van der Waals surface area contributed by atoms with Crippen LogP contribution in [0.3, 0.4) is 0 Å². The van der Waals surface area contributed by atoms with Crippen molar-refractivity contribution in [3.05, 3.63) is 35.9 Å². The van der Waals surface area contributed by atoms with Crippen LogP contribution in [0.1, 0.15) is 31.2 Å². The predicted octanol–water partition coefficient (Wildman–Crippen LogP) is 2.62. The van der Waals surface area contributed by atoms with E-state index in [1.54, 1.807) is 0 Å². The number of hydrogen-bond acceptors (Lipinski definition) is 3. The van der Waals surface area contributed by atoms with E-state index in [1.165, 1.54) is 5.56 Å². The van der Waals surface area contributed by atoms with Gasteiger partial charge in [0, 0.05) is 25.6 Å². The molecule has 2 fully saturated rings. The van der Waals surface area contributed by atoms with E-state index in [9.17, 15) is 4.79 Å². The first-order valence-electron chi connectivity index (χ1n) is 8.48. The molecule has 1 aromatic rings. The Morgan fingerprint density at radius 2 is 1.91 bits per heavy atom. The van der Waals surface area contributed by atoms with E-state index in [0.717, 1.165) is 51.9 Å². The van der Waals surface area contributed by atoms with Crippen LogP contribution >= 0.6 is 12.4 Å². The molecule has 0 spiro atoms. The Balaban J connectivity index is 0.00000192. The van der Waals surface area contributed by atoms with Gasteiger partial charge in [-0.2, -0.15) is 0 Å². The molecule has 0 saturated carbocycles. The maximum atomic E-state index is 12.9. The Labute approximate surface area is 145 Å². The second-order valence-corrected chi connectivity index (χ2v) is 6.36. The van der Waals surface area contributed by atoms with Gasteiger partial charge < -0.3 is 15.0 Å². The minimum absolute atomic E-state index is 0. The number of hydrogen-bond donors (Lipinski definition) is 1. The quantitative estimate of drug-likeness (QED) is 0.897. The van der Waals surface area contributed by atoms with E-state index in [0.29, 0.717) is 12.5 Å². The molecule has 0 bridgehead atoms. The number of halogens is 1. The standard InChI is InChI=1S/C18H26N2O2.ClH/c21-18(16-8-10-19-11-9-16)20(14-17-7-4-12-22-17)13-15-5-2-1-3-6-15;/h1-3,5-6,16-17,19H,4,7-14H2;1H. The number of piperidine rings is 1. The van der Waals surface area contributed by atoms with E-state index in [-0.39, 0.29) is 24.4 Å². The first-order valence-corrected chi connectivity index (χ1v) is 8.48. The highest BCUT2D eigenvalue weighted by molar-refractivity contribution is 5.85. The maximum Gasteiger partial charge on any atom is 0.226 e. The molecule has 1 unspecified atom stereocenters. The fraction of sp³-hybridized carbons (Fsp3) is 0.611.